The highest BCUT2D eigenvalue weighted by molar-refractivity contribution is 9.11. The van der Waals surface area contributed by atoms with Crippen LogP contribution in [-0.4, -0.2) is 21.4 Å². The van der Waals surface area contributed by atoms with E-state index in [2.05, 4.69) is 52.5 Å². The minimum absolute atomic E-state index is 0.129. The molecule has 2 aromatic rings. The molecule has 1 aromatic carbocycles. The molecule has 0 spiro atoms. The van der Waals surface area contributed by atoms with Gasteiger partial charge < -0.3 is 10.6 Å². The number of hydrogen-bond donors (Lipinski definition) is 2. The number of hydrogen-bond acceptors (Lipinski definition) is 6. The number of nitrogens with one attached hydrogen (secondary N) is 2. The van der Waals surface area contributed by atoms with Crippen LogP contribution in [0.15, 0.2) is 33.3 Å². The summed E-state index contributed by atoms with van der Waals surface area (Å²) in [6, 6.07) is 5.47. The van der Waals surface area contributed by atoms with E-state index >= 15 is 0 Å². The average Bonchev–Trinajstić information content (AvgIpc) is 2.43. The summed E-state index contributed by atoms with van der Waals surface area (Å²) in [4.78, 5) is 18.6. The summed E-state index contributed by atoms with van der Waals surface area (Å²) < 4.78 is 1.61. The monoisotopic (exact) mass is 415 g/mol. The smallest absolute Gasteiger partial charge is 0.329 e. The lowest BCUT2D eigenvalue weighted by atomic mass is 10.3. The van der Waals surface area contributed by atoms with E-state index in [1.165, 1.54) is 6.20 Å². The van der Waals surface area contributed by atoms with Crippen molar-refractivity contribution in [1.29, 1.82) is 0 Å². The lowest BCUT2D eigenvalue weighted by Crippen LogP contribution is -2.06. The first-order chi connectivity index (χ1) is 10.0. The summed E-state index contributed by atoms with van der Waals surface area (Å²) in [5.74, 6) is 0.460. The van der Waals surface area contributed by atoms with Crippen LogP contribution in [0.4, 0.5) is 23.1 Å². The van der Waals surface area contributed by atoms with Crippen molar-refractivity contribution < 1.29 is 4.92 Å². The Morgan fingerprint density at radius 1 is 1.38 bits per heavy atom. The molecule has 0 aliphatic rings. The first-order valence-electron chi connectivity index (χ1n) is 5.98. The first kappa shape index (κ1) is 15.6. The molecule has 0 unspecified atom stereocenters. The Kier molecular flexibility index (Phi) is 5.07. The van der Waals surface area contributed by atoms with E-state index in [0.29, 0.717) is 18.2 Å². The van der Waals surface area contributed by atoms with Crippen molar-refractivity contribution >= 4 is 55.0 Å². The van der Waals surface area contributed by atoms with E-state index in [9.17, 15) is 10.1 Å². The lowest BCUT2D eigenvalue weighted by Gasteiger charge is -2.10. The van der Waals surface area contributed by atoms with Crippen molar-refractivity contribution in [2.45, 2.75) is 6.92 Å². The molecule has 0 atom stereocenters. The quantitative estimate of drug-likeness (QED) is 0.563. The summed E-state index contributed by atoms with van der Waals surface area (Å²) in [7, 11) is 0. The lowest BCUT2D eigenvalue weighted by molar-refractivity contribution is -0.384. The molecule has 21 heavy (non-hydrogen) atoms. The Labute approximate surface area is 137 Å². The van der Waals surface area contributed by atoms with Crippen LogP contribution in [0.3, 0.4) is 0 Å². The predicted molar refractivity (Wildman–Crippen MR) is 88.0 cm³/mol. The Balaban J connectivity index is 2.43. The highest BCUT2D eigenvalue weighted by Crippen LogP contribution is 2.31. The van der Waals surface area contributed by atoms with Crippen molar-refractivity contribution in [2.75, 3.05) is 17.2 Å². The first-order valence-corrected chi connectivity index (χ1v) is 7.57. The van der Waals surface area contributed by atoms with Crippen LogP contribution in [0.5, 0.6) is 0 Å². The number of aromatic nitrogens is 2. The molecule has 0 aliphatic heterocycles. The highest BCUT2D eigenvalue weighted by Gasteiger charge is 2.18. The Hall–Kier alpha value is -1.74. The molecule has 0 saturated heterocycles. The average molecular weight is 417 g/mol. The molecule has 0 amide bonds. The molecule has 110 valence electrons. The normalized spacial score (nSPS) is 10.2. The molecule has 0 fully saturated rings. The van der Waals surface area contributed by atoms with Gasteiger partial charge in [0.2, 0.25) is 11.8 Å². The van der Waals surface area contributed by atoms with Crippen molar-refractivity contribution in [3.8, 4) is 0 Å². The Morgan fingerprint density at radius 3 is 2.81 bits per heavy atom. The van der Waals surface area contributed by atoms with Crippen LogP contribution in [0.1, 0.15) is 6.92 Å². The van der Waals surface area contributed by atoms with Gasteiger partial charge in [0.05, 0.1) is 10.6 Å². The Bertz CT molecular complexity index is 681. The van der Waals surface area contributed by atoms with E-state index in [0.717, 1.165) is 8.95 Å². The maximum absolute atomic E-state index is 11.1. The molecule has 0 aliphatic carbocycles. The Morgan fingerprint density at radius 2 is 2.14 bits per heavy atom. The van der Waals surface area contributed by atoms with Crippen molar-refractivity contribution in [1.82, 2.24) is 9.97 Å². The molecule has 2 N–H and O–H groups in total. The van der Waals surface area contributed by atoms with Crippen molar-refractivity contribution in [3.63, 3.8) is 0 Å². The van der Waals surface area contributed by atoms with Gasteiger partial charge in [-0.3, -0.25) is 10.1 Å². The topological polar surface area (TPSA) is 93.0 Å². The van der Waals surface area contributed by atoms with E-state index in [-0.39, 0.29) is 11.5 Å². The summed E-state index contributed by atoms with van der Waals surface area (Å²) in [5.41, 5.74) is 0.470. The summed E-state index contributed by atoms with van der Waals surface area (Å²) in [6.45, 7) is 2.51. The van der Waals surface area contributed by atoms with Gasteiger partial charge in [-0.05, 0) is 41.1 Å². The summed E-state index contributed by atoms with van der Waals surface area (Å²) in [6.07, 6.45) is 1.18. The molecule has 0 bridgehead atoms. The largest absolute Gasteiger partial charge is 0.354 e. The van der Waals surface area contributed by atoms with Crippen molar-refractivity contribution in [3.05, 3.63) is 43.5 Å². The van der Waals surface area contributed by atoms with Gasteiger partial charge in [-0.1, -0.05) is 15.9 Å². The van der Waals surface area contributed by atoms with Crippen molar-refractivity contribution in [2.24, 2.45) is 0 Å². The molecule has 7 nitrogen and oxygen atoms in total. The number of benzene rings is 1. The van der Waals surface area contributed by atoms with Gasteiger partial charge in [0.15, 0.2) is 0 Å². The van der Waals surface area contributed by atoms with Gasteiger partial charge in [-0.25, -0.2) is 4.98 Å². The van der Waals surface area contributed by atoms with Gasteiger partial charge in [0.1, 0.15) is 6.20 Å². The van der Waals surface area contributed by atoms with E-state index in [1.807, 2.05) is 19.1 Å². The fourth-order valence-corrected chi connectivity index (χ4v) is 2.27. The third-order valence-electron chi connectivity index (χ3n) is 2.48. The number of anilines is 3. The summed E-state index contributed by atoms with van der Waals surface area (Å²) in [5, 5.41) is 16.9. The van der Waals surface area contributed by atoms with Gasteiger partial charge in [0.25, 0.3) is 0 Å². The zero-order valence-electron chi connectivity index (χ0n) is 10.9. The minimum Gasteiger partial charge on any atom is -0.354 e. The van der Waals surface area contributed by atoms with Gasteiger partial charge in [-0.15, -0.1) is 0 Å². The van der Waals surface area contributed by atoms with E-state index < -0.39 is 4.92 Å². The second-order valence-electron chi connectivity index (χ2n) is 3.96. The van der Waals surface area contributed by atoms with Gasteiger partial charge in [-0.2, -0.15) is 4.98 Å². The van der Waals surface area contributed by atoms with Gasteiger partial charge in [0, 0.05) is 15.5 Å². The standard InChI is InChI=1S/C12H11Br2N5O2/c1-2-15-12-16-6-10(19(20)21)11(18-12)17-9-5-7(13)3-4-8(9)14/h3-6H,2H2,1H3,(H2,15,16,17,18). The van der Waals surface area contributed by atoms with Crippen LogP contribution in [0.25, 0.3) is 0 Å². The molecule has 1 aromatic heterocycles. The second kappa shape index (κ2) is 6.81. The van der Waals surface area contributed by atoms with E-state index in [4.69, 9.17) is 0 Å². The molecular weight excluding hydrogens is 406 g/mol. The molecular formula is C12H11Br2N5O2. The third-order valence-corrected chi connectivity index (χ3v) is 3.67. The zero-order valence-corrected chi connectivity index (χ0v) is 14.1. The minimum atomic E-state index is -0.524. The molecule has 1 heterocycles. The van der Waals surface area contributed by atoms with Crippen LogP contribution >= 0.6 is 31.9 Å². The summed E-state index contributed by atoms with van der Waals surface area (Å²) >= 11 is 6.74. The zero-order chi connectivity index (χ0) is 15.4. The second-order valence-corrected chi connectivity index (χ2v) is 5.73. The molecule has 2 rings (SSSR count). The fraction of sp³-hybridized carbons (Fsp3) is 0.167. The van der Waals surface area contributed by atoms with Crippen LogP contribution in [-0.2, 0) is 0 Å². The van der Waals surface area contributed by atoms with E-state index in [1.54, 1.807) is 6.07 Å². The number of rotatable bonds is 5. The third kappa shape index (κ3) is 3.88. The number of halogens is 2. The number of nitro groups is 1. The van der Waals surface area contributed by atoms with Crippen LogP contribution < -0.4 is 10.6 Å². The van der Waals surface area contributed by atoms with Gasteiger partial charge >= 0.3 is 5.69 Å². The highest BCUT2D eigenvalue weighted by atomic mass is 79.9. The molecule has 9 heteroatoms. The maximum atomic E-state index is 11.1. The number of nitrogens with zero attached hydrogens (tertiary/aromatic N) is 3. The fourth-order valence-electron chi connectivity index (χ4n) is 1.57. The molecule has 0 radical (unpaired) electrons. The van der Waals surface area contributed by atoms with Crippen LogP contribution in [0.2, 0.25) is 0 Å². The predicted octanol–water partition coefficient (Wildman–Crippen LogP) is 4.09. The SMILES string of the molecule is CCNc1ncc([N+](=O)[O-])c(Nc2cc(Br)ccc2Br)n1. The maximum Gasteiger partial charge on any atom is 0.329 e. The molecule has 0 saturated carbocycles. The van der Waals surface area contributed by atoms with Crippen LogP contribution in [0, 0.1) is 10.1 Å².